The summed E-state index contributed by atoms with van der Waals surface area (Å²) in [6, 6.07) is 6.19. The number of aromatic hydroxyl groups is 1. The van der Waals surface area contributed by atoms with E-state index < -0.39 is 5.63 Å². The number of hydrogen-bond donors (Lipinski definition) is 1. The van der Waals surface area contributed by atoms with Crippen molar-refractivity contribution in [1.29, 1.82) is 0 Å². The average molecular weight is 288 g/mol. The van der Waals surface area contributed by atoms with Gasteiger partial charge in [0.05, 0.1) is 0 Å². The van der Waals surface area contributed by atoms with Crippen molar-refractivity contribution in [3.8, 4) is 5.75 Å². The first kappa shape index (κ1) is 14.8. The average Bonchev–Trinajstić information content (AvgIpc) is 2.42. The van der Waals surface area contributed by atoms with Crippen molar-refractivity contribution in [2.24, 2.45) is 0 Å². The van der Waals surface area contributed by atoms with Crippen molar-refractivity contribution in [2.45, 2.75) is 20.3 Å². The molecule has 0 aliphatic heterocycles. The Morgan fingerprint density at radius 1 is 1.33 bits per heavy atom. The van der Waals surface area contributed by atoms with Gasteiger partial charge in [-0.25, -0.2) is 4.79 Å². The number of fused-ring (bicyclic) bond motifs is 1. The van der Waals surface area contributed by atoms with Crippen LogP contribution in [0.1, 0.15) is 19.4 Å². The minimum Gasteiger partial charge on any atom is -0.508 e. The van der Waals surface area contributed by atoms with Crippen molar-refractivity contribution in [3.05, 3.63) is 51.9 Å². The Kier molecular flexibility index (Phi) is 4.42. The molecular weight excluding hydrogens is 272 g/mol. The van der Waals surface area contributed by atoms with Gasteiger partial charge in [0, 0.05) is 24.4 Å². The lowest BCUT2D eigenvalue weighted by molar-refractivity contribution is -0.139. The van der Waals surface area contributed by atoms with Crippen molar-refractivity contribution in [3.63, 3.8) is 0 Å². The smallest absolute Gasteiger partial charge is 0.336 e. The highest BCUT2D eigenvalue weighted by atomic mass is 16.5. The van der Waals surface area contributed by atoms with Crippen LogP contribution >= 0.6 is 0 Å². The molecule has 110 valence electrons. The van der Waals surface area contributed by atoms with Gasteiger partial charge < -0.3 is 14.3 Å². The van der Waals surface area contributed by atoms with E-state index in [9.17, 15) is 14.7 Å². The van der Waals surface area contributed by atoms with Gasteiger partial charge in [0.15, 0.2) is 0 Å². The zero-order valence-electron chi connectivity index (χ0n) is 11.9. The molecule has 0 fully saturated rings. The van der Waals surface area contributed by atoms with Crippen LogP contribution in [0.25, 0.3) is 11.0 Å². The molecule has 0 aliphatic carbocycles. The van der Waals surface area contributed by atoms with Gasteiger partial charge in [-0.2, -0.15) is 0 Å². The summed E-state index contributed by atoms with van der Waals surface area (Å²) < 4.78 is 9.89. The number of allylic oxidation sites excluding steroid dienone is 1. The zero-order chi connectivity index (χ0) is 15.4. The number of phenolic OH excluding ortho intramolecular Hbond substituents is 1. The van der Waals surface area contributed by atoms with Crippen LogP contribution in [0.3, 0.4) is 0 Å². The fourth-order valence-electron chi connectivity index (χ4n) is 1.87. The quantitative estimate of drug-likeness (QED) is 0.531. The van der Waals surface area contributed by atoms with E-state index in [-0.39, 0.29) is 18.3 Å². The van der Waals surface area contributed by atoms with E-state index in [1.54, 1.807) is 12.1 Å². The minimum absolute atomic E-state index is 0.0633. The summed E-state index contributed by atoms with van der Waals surface area (Å²) in [7, 11) is 0. The van der Waals surface area contributed by atoms with Crippen LogP contribution in [0.4, 0.5) is 0 Å². The lowest BCUT2D eigenvalue weighted by Crippen LogP contribution is -2.01. The Balaban J connectivity index is 2.20. The number of phenols is 1. The second kappa shape index (κ2) is 6.26. The van der Waals surface area contributed by atoms with Crippen LogP contribution in [-0.2, 0) is 16.0 Å². The lowest BCUT2D eigenvalue weighted by atomic mass is 10.1. The molecule has 0 spiro atoms. The molecule has 0 amide bonds. The zero-order valence-corrected chi connectivity index (χ0v) is 11.9. The molecule has 1 heterocycles. The number of rotatable bonds is 4. The summed E-state index contributed by atoms with van der Waals surface area (Å²) in [6.07, 6.45) is 2.37. The molecule has 0 aliphatic rings. The highest BCUT2D eigenvalue weighted by Crippen LogP contribution is 2.25. The molecule has 0 unspecified atom stereocenters. The molecule has 1 aromatic carbocycles. The van der Waals surface area contributed by atoms with Gasteiger partial charge in [-0.1, -0.05) is 6.08 Å². The monoisotopic (exact) mass is 288 g/mol. The van der Waals surface area contributed by atoms with Crippen LogP contribution in [0.2, 0.25) is 0 Å². The number of esters is 1. The summed E-state index contributed by atoms with van der Waals surface area (Å²) in [5.41, 5.74) is 1.50. The van der Waals surface area contributed by atoms with E-state index in [2.05, 4.69) is 0 Å². The molecule has 2 rings (SSSR count). The molecule has 0 saturated heterocycles. The third-order valence-corrected chi connectivity index (χ3v) is 2.99. The van der Waals surface area contributed by atoms with Gasteiger partial charge in [0.1, 0.15) is 17.9 Å². The first-order chi connectivity index (χ1) is 9.95. The maximum absolute atomic E-state index is 11.1. The highest BCUT2D eigenvalue weighted by Gasteiger charge is 2.05. The molecular formula is C16H16O5. The Morgan fingerprint density at radius 3 is 2.81 bits per heavy atom. The molecule has 0 atom stereocenters. The van der Waals surface area contributed by atoms with Gasteiger partial charge >= 0.3 is 11.6 Å². The predicted molar refractivity (Wildman–Crippen MR) is 78.2 cm³/mol. The second-order valence-electron chi connectivity index (χ2n) is 4.81. The summed E-state index contributed by atoms with van der Waals surface area (Å²) in [4.78, 5) is 21.8. The van der Waals surface area contributed by atoms with Gasteiger partial charge in [-0.3, -0.25) is 4.79 Å². The van der Waals surface area contributed by atoms with Gasteiger partial charge in [0.25, 0.3) is 0 Å². The number of carbonyl (C=O) groups excluding carboxylic acids is 1. The molecule has 21 heavy (non-hydrogen) atoms. The van der Waals surface area contributed by atoms with Crippen molar-refractivity contribution in [1.82, 2.24) is 0 Å². The van der Waals surface area contributed by atoms with Gasteiger partial charge in [-0.15, -0.1) is 0 Å². The molecule has 1 aromatic heterocycles. The van der Waals surface area contributed by atoms with E-state index in [1.165, 1.54) is 19.1 Å². The lowest BCUT2D eigenvalue weighted by Gasteiger charge is -2.05. The third kappa shape index (κ3) is 3.95. The fraction of sp³-hybridized carbons (Fsp3) is 0.250. The molecule has 5 heteroatoms. The van der Waals surface area contributed by atoms with E-state index in [4.69, 9.17) is 9.15 Å². The first-order valence-electron chi connectivity index (χ1n) is 6.50. The van der Waals surface area contributed by atoms with E-state index >= 15 is 0 Å². The number of hydrogen-bond acceptors (Lipinski definition) is 5. The Morgan fingerprint density at radius 2 is 2.10 bits per heavy atom. The standard InChI is InChI=1S/C16H16O5/c1-10(9-20-11(2)17)3-4-12-7-13-5-6-16(19)21-15(13)8-14(12)18/h3,5-8,18H,4,9H2,1-2H3. The summed E-state index contributed by atoms with van der Waals surface area (Å²) >= 11 is 0. The van der Waals surface area contributed by atoms with Crippen LogP contribution in [0.5, 0.6) is 5.75 Å². The summed E-state index contributed by atoms with van der Waals surface area (Å²) in [5, 5.41) is 10.7. The molecule has 2 aromatic rings. The normalized spacial score (nSPS) is 11.6. The maximum atomic E-state index is 11.1. The van der Waals surface area contributed by atoms with E-state index in [0.717, 1.165) is 11.0 Å². The van der Waals surface area contributed by atoms with E-state index in [1.807, 2.05) is 13.0 Å². The molecule has 0 radical (unpaired) electrons. The van der Waals surface area contributed by atoms with Gasteiger partial charge in [-0.05, 0) is 36.6 Å². The van der Waals surface area contributed by atoms with Crippen LogP contribution in [0, 0.1) is 0 Å². The SMILES string of the molecule is CC(=O)OCC(C)=CCc1cc2ccc(=O)oc2cc1O. The first-order valence-corrected chi connectivity index (χ1v) is 6.50. The van der Waals surface area contributed by atoms with Crippen LogP contribution < -0.4 is 5.63 Å². The number of benzene rings is 1. The molecule has 1 N–H and O–H groups in total. The van der Waals surface area contributed by atoms with Crippen molar-refractivity contribution in [2.75, 3.05) is 6.61 Å². The summed E-state index contributed by atoms with van der Waals surface area (Å²) in [6.45, 7) is 3.44. The van der Waals surface area contributed by atoms with Crippen molar-refractivity contribution >= 4 is 16.9 Å². The maximum Gasteiger partial charge on any atom is 0.336 e. The Hall–Kier alpha value is -2.56. The highest BCUT2D eigenvalue weighted by molar-refractivity contribution is 5.79. The summed E-state index contributed by atoms with van der Waals surface area (Å²) in [5.74, 6) is -0.264. The molecule has 0 bridgehead atoms. The third-order valence-electron chi connectivity index (χ3n) is 2.99. The largest absolute Gasteiger partial charge is 0.508 e. The van der Waals surface area contributed by atoms with Crippen molar-refractivity contribution < 1.29 is 19.1 Å². The predicted octanol–water partition coefficient (Wildman–Crippen LogP) is 2.55. The van der Waals surface area contributed by atoms with E-state index in [0.29, 0.717) is 17.6 Å². The van der Waals surface area contributed by atoms with Crippen LogP contribution in [-0.4, -0.2) is 17.7 Å². The molecule has 0 saturated carbocycles. The Bertz CT molecular complexity index is 755. The van der Waals surface area contributed by atoms with Gasteiger partial charge in [0.2, 0.25) is 0 Å². The van der Waals surface area contributed by atoms with Crippen LogP contribution in [0.15, 0.2) is 45.1 Å². The topological polar surface area (TPSA) is 76.7 Å². The Labute approximate surface area is 121 Å². The second-order valence-corrected chi connectivity index (χ2v) is 4.81. The molecule has 5 nitrogen and oxygen atoms in total. The minimum atomic E-state index is -0.452. The fourth-order valence-corrected chi connectivity index (χ4v) is 1.87. The number of carbonyl (C=O) groups is 1. The number of ether oxygens (including phenoxy) is 1.